The molecule has 100 valence electrons. The van der Waals surface area contributed by atoms with E-state index in [0.717, 1.165) is 7.11 Å². The van der Waals surface area contributed by atoms with Gasteiger partial charge in [-0.25, -0.2) is 4.79 Å². The fraction of sp³-hybridized carbons (Fsp3) is 0.889. The van der Waals surface area contributed by atoms with Crippen molar-refractivity contribution in [2.24, 2.45) is 0 Å². The number of aliphatic hydroxyl groups excluding tert-OH is 4. The minimum Gasteiger partial charge on any atom is -0.438 e. The number of rotatable bonds is 3. The molecular weight excluding hydrogens is 236 g/mol. The summed E-state index contributed by atoms with van der Waals surface area (Å²) in [6.07, 6.45) is -7.33. The molecule has 5 atom stereocenters. The first-order chi connectivity index (χ1) is 8.01. The highest BCUT2D eigenvalue weighted by atomic mass is 16.7. The SMILES string of the molecule is COC(=O)OCC1O[C@H](CO)[C@@H](O)[C@H](O)[C@H]1O. The molecule has 8 nitrogen and oxygen atoms in total. The fourth-order valence-electron chi connectivity index (χ4n) is 1.53. The number of aliphatic hydroxyl groups is 4. The number of hydrogen-bond donors (Lipinski definition) is 4. The minimum absolute atomic E-state index is 0.353. The molecule has 4 N–H and O–H groups in total. The second-order valence-corrected chi connectivity index (χ2v) is 3.63. The number of ether oxygens (including phenoxy) is 3. The van der Waals surface area contributed by atoms with Crippen LogP contribution in [0.1, 0.15) is 0 Å². The van der Waals surface area contributed by atoms with Crippen LogP contribution in [0.15, 0.2) is 0 Å². The molecule has 0 bridgehead atoms. The van der Waals surface area contributed by atoms with E-state index < -0.39 is 43.3 Å². The van der Waals surface area contributed by atoms with Gasteiger partial charge in [-0.3, -0.25) is 0 Å². The monoisotopic (exact) mass is 252 g/mol. The van der Waals surface area contributed by atoms with E-state index in [2.05, 4.69) is 9.47 Å². The maximum Gasteiger partial charge on any atom is 0.508 e. The van der Waals surface area contributed by atoms with Gasteiger partial charge in [0.1, 0.15) is 37.1 Å². The molecule has 1 heterocycles. The van der Waals surface area contributed by atoms with Crippen LogP contribution in [0.3, 0.4) is 0 Å². The van der Waals surface area contributed by atoms with Gasteiger partial charge >= 0.3 is 6.16 Å². The summed E-state index contributed by atoms with van der Waals surface area (Å²) in [5.41, 5.74) is 0. The van der Waals surface area contributed by atoms with Gasteiger partial charge in [0.15, 0.2) is 0 Å². The van der Waals surface area contributed by atoms with Gasteiger partial charge in [-0.2, -0.15) is 0 Å². The van der Waals surface area contributed by atoms with E-state index in [4.69, 9.17) is 9.84 Å². The molecule has 1 aliphatic rings. The van der Waals surface area contributed by atoms with E-state index in [-0.39, 0.29) is 6.61 Å². The molecule has 0 aromatic heterocycles. The van der Waals surface area contributed by atoms with Crippen molar-refractivity contribution in [1.29, 1.82) is 0 Å². The lowest BCUT2D eigenvalue weighted by Gasteiger charge is -2.39. The quantitative estimate of drug-likeness (QED) is 0.410. The fourth-order valence-corrected chi connectivity index (χ4v) is 1.53. The second-order valence-electron chi connectivity index (χ2n) is 3.63. The number of carbonyl (C=O) groups is 1. The summed E-state index contributed by atoms with van der Waals surface area (Å²) in [5, 5.41) is 37.4. The van der Waals surface area contributed by atoms with Crippen LogP contribution in [0.4, 0.5) is 4.79 Å². The second kappa shape index (κ2) is 6.12. The topological polar surface area (TPSA) is 126 Å². The molecule has 0 aromatic carbocycles. The van der Waals surface area contributed by atoms with E-state index in [0.29, 0.717) is 0 Å². The summed E-state index contributed by atoms with van der Waals surface area (Å²) in [7, 11) is 1.12. The Morgan fingerprint density at radius 3 is 2.29 bits per heavy atom. The first-order valence-electron chi connectivity index (χ1n) is 5.02. The van der Waals surface area contributed by atoms with Gasteiger partial charge in [-0.05, 0) is 0 Å². The van der Waals surface area contributed by atoms with E-state index in [1.54, 1.807) is 0 Å². The number of hydrogen-bond acceptors (Lipinski definition) is 8. The van der Waals surface area contributed by atoms with Crippen molar-refractivity contribution in [2.45, 2.75) is 30.5 Å². The maximum atomic E-state index is 10.7. The Kier molecular flexibility index (Phi) is 5.09. The Morgan fingerprint density at radius 1 is 1.18 bits per heavy atom. The van der Waals surface area contributed by atoms with Gasteiger partial charge in [0.25, 0.3) is 0 Å². The summed E-state index contributed by atoms with van der Waals surface area (Å²) in [4.78, 5) is 10.7. The normalized spacial score (nSPS) is 37.6. The number of methoxy groups -OCH3 is 1. The van der Waals surface area contributed by atoms with Crippen LogP contribution in [0.2, 0.25) is 0 Å². The van der Waals surface area contributed by atoms with Gasteiger partial charge < -0.3 is 34.6 Å². The third kappa shape index (κ3) is 3.27. The molecule has 0 amide bonds. The summed E-state index contributed by atoms with van der Waals surface area (Å²) in [5.74, 6) is 0. The lowest BCUT2D eigenvalue weighted by Crippen LogP contribution is -2.59. The molecule has 1 fully saturated rings. The van der Waals surface area contributed by atoms with Gasteiger partial charge in [-0.1, -0.05) is 0 Å². The van der Waals surface area contributed by atoms with Crippen LogP contribution in [0.25, 0.3) is 0 Å². The third-order valence-electron chi connectivity index (χ3n) is 2.52. The zero-order valence-corrected chi connectivity index (χ0v) is 9.22. The molecular formula is C9H16O8. The Morgan fingerprint density at radius 2 is 1.76 bits per heavy atom. The van der Waals surface area contributed by atoms with E-state index >= 15 is 0 Å². The Labute approximate surface area is 97.3 Å². The van der Waals surface area contributed by atoms with Crippen LogP contribution in [-0.2, 0) is 14.2 Å². The van der Waals surface area contributed by atoms with Crippen LogP contribution in [0, 0.1) is 0 Å². The van der Waals surface area contributed by atoms with Crippen molar-refractivity contribution >= 4 is 6.16 Å². The van der Waals surface area contributed by atoms with Gasteiger partial charge in [0.05, 0.1) is 13.7 Å². The molecule has 17 heavy (non-hydrogen) atoms. The predicted molar refractivity (Wildman–Crippen MR) is 52.1 cm³/mol. The molecule has 0 aliphatic carbocycles. The zero-order chi connectivity index (χ0) is 13.0. The molecule has 1 unspecified atom stereocenters. The summed E-state index contributed by atoms with van der Waals surface area (Å²) in [6.45, 7) is -0.881. The summed E-state index contributed by atoms with van der Waals surface area (Å²) < 4.78 is 13.9. The van der Waals surface area contributed by atoms with Crippen LogP contribution < -0.4 is 0 Å². The molecule has 0 spiro atoms. The highest BCUT2D eigenvalue weighted by molar-refractivity contribution is 5.59. The van der Waals surface area contributed by atoms with Crippen molar-refractivity contribution in [3.05, 3.63) is 0 Å². The lowest BCUT2D eigenvalue weighted by atomic mass is 9.95. The Balaban J connectivity index is 2.56. The molecule has 0 radical (unpaired) electrons. The van der Waals surface area contributed by atoms with Crippen LogP contribution >= 0.6 is 0 Å². The van der Waals surface area contributed by atoms with Crippen molar-refractivity contribution < 1.29 is 39.4 Å². The van der Waals surface area contributed by atoms with Gasteiger partial charge in [0.2, 0.25) is 0 Å². The Bertz CT molecular complexity index is 255. The average Bonchev–Trinajstić information content (AvgIpc) is 2.34. The Hall–Kier alpha value is -0.930. The predicted octanol–water partition coefficient (Wildman–Crippen LogP) is -2.39. The molecule has 1 rings (SSSR count). The van der Waals surface area contributed by atoms with E-state index in [1.807, 2.05) is 0 Å². The minimum atomic E-state index is -1.48. The van der Waals surface area contributed by atoms with Gasteiger partial charge in [-0.15, -0.1) is 0 Å². The van der Waals surface area contributed by atoms with Crippen LogP contribution in [-0.4, -0.2) is 77.4 Å². The lowest BCUT2D eigenvalue weighted by molar-refractivity contribution is -0.236. The largest absolute Gasteiger partial charge is 0.508 e. The third-order valence-corrected chi connectivity index (χ3v) is 2.52. The smallest absolute Gasteiger partial charge is 0.438 e. The first kappa shape index (κ1) is 14.1. The van der Waals surface area contributed by atoms with Gasteiger partial charge in [0, 0.05) is 0 Å². The number of carbonyl (C=O) groups excluding carboxylic acids is 1. The standard InChI is InChI=1S/C9H16O8/c1-15-9(14)16-3-5-7(12)8(13)6(11)4(2-10)17-5/h4-8,10-13H,2-3H2,1H3/t4-,5?,6-,7+,8+/m1/s1. The average molecular weight is 252 g/mol. The highest BCUT2D eigenvalue weighted by Crippen LogP contribution is 2.21. The van der Waals surface area contributed by atoms with Crippen molar-refractivity contribution in [1.82, 2.24) is 0 Å². The highest BCUT2D eigenvalue weighted by Gasteiger charge is 2.43. The first-order valence-corrected chi connectivity index (χ1v) is 5.02. The van der Waals surface area contributed by atoms with Crippen molar-refractivity contribution in [3.63, 3.8) is 0 Å². The van der Waals surface area contributed by atoms with E-state index in [9.17, 15) is 20.1 Å². The zero-order valence-electron chi connectivity index (χ0n) is 9.22. The molecule has 1 aliphatic heterocycles. The molecule has 0 saturated carbocycles. The van der Waals surface area contributed by atoms with Crippen LogP contribution in [0.5, 0.6) is 0 Å². The molecule has 0 aromatic rings. The summed E-state index contributed by atoms with van der Waals surface area (Å²) in [6, 6.07) is 0. The molecule has 8 heteroatoms. The van der Waals surface area contributed by atoms with Crippen molar-refractivity contribution in [2.75, 3.05) is 20.3 Å². The van der Waals surface area contributed by atoms with Crippen molar-refractivity contribution in [3.8, 4) is 0 Å². The summed E-state index contributed by atoms with van der Waals surface area (Å²) >= 11 is 0. The molecule has 1 saturated heterocycles. The maximum absolute atomic E-state index is 10.7. The van der Waals surface area contributed by atoms with E-state index in [1.165, 1.54) is 0 Å².